The Morgan fingerprint density at radius 3 is 2.40 bits per heavy atom. The van der Waals surface area contributed by atoms with Crippen molar-refractivity contribution >= 4 is 5.97 Å². The van der Waals surface area contributed by atoms with Gasteiger partial charge in [0.05, 0.1) is 6.42 Å². The van der Waals surface area contributed by atoms with Crippen LogP contribution in [0.15, 0.2) is 0 Å². The molecule has 0 unspecified atom stereocenters. The summed E-state index contributed by atoms with van der Waals surface area (Å²) in [5, 5.41) is 8.69. The molecule has 0 amide bonds. The molecule has 15 heavy (non-hydrogen) atoms. The minimum atomic E-state index is -0.676. The van der Waals surface area contributed by atoms with E-state index in [1.165, 1.54) is 25.7 Å². The van der Waals surface area contributed by atoms with E-state index in [4.69, 9.17) is 5.11 Å². The zero-order valence-corrected chi connectivity index (χ0v) is 9.91. The smallest absolute Gasteiger partial charge is 0.304 e. The van der Waals surface area contributed by atoms with Gasteiger partial charge in [0.15, 0.2) is 0 Å². The molecular formula is C12H23NO2. The standard InChI is InChI=1S/C12H23NO2/c1-3-10(4-2)9-13(11-5-6-11)8-7-12(14)15/h10-11H,3-9H2,1-2H3,(H,14,15). The maximum Gasteiger partial charge on any atom is 0.304 e. The second-order valence-corrected chi connectivity index (χ2v) is 4.55. The molecule has 0 radical (unpaired) electrons. The molecule has 0 spiro atoms. The maximum atomic E-state index is 10.5. The third-order valence-corrected chi connectivity index (χ3v) is 3.32. The normalized spacial score (nSPS) is 16.3. The van der Waals surface area contributed by atoms with Crippen LogP contribution in [-0.2, 0) is 4.79 Å². The average molecular weight is 213 g/mol. The monoisotopic (exact) mass is 213 g/mol. The Labute approximate surface area is 92.5 Å². The van der Waals surface area contributed by atoms with Crippen LogP contribution >= 0.6 is 0 Å². The molecule has 0 aromatic carbocycles. The molecule has 1 N–H and O–H groups in total. The van der Waals surface area contributed by atoms with Crippen molar-refractivity contribution in [2.24, 2.45) is 5.92 Å². The number of aliphatic carboxylic acids is 1. The highest BCUT2D eigenvalue weighted by atomic mass is 16.4. The molecule has 0 atom stereocenters. The summed E-state index contributed by atoms with van der Waals surface area (Å²) in [5.74, 6) is 0.0598. The number of carboxylic acids is 1. The van der Waals surface area contributed by atoms with E-state index in [0.29, 0.717) is 6.04 Å². The number of hydrogen-bond donors (Lipinski definition) is 1. The zero-order valence-electron chi connectivity index (χ0n) is 9.91. The van der Waals surface area contributed by atoms with Crippen molar-refractivity contribution in [3.05, 3.63) is 0 Å². The number of carboxylic acid groups (broad SMARTS) is 1. The first-order chi connectivity index (χ1) is 7.17. The topological polar surface area (TPSA) is 40.5 Å². The van der Waals surface area contributed by atoms with Crippen molar-refractivity contribution in [1.29, 1.82) is 0 Å². The highest BCUT2D eigenvalue weighted by Gasteiger charge is 2.29. The number of rotatable bonds is 8. The largest absolute Gasteiger partial charge is 0.481 e. The maximum absolute atomic E-state index is 10.5. The van der Waals surface area contributed by atoms with Gasteiger partial charge in [-0.05, 0) is 18.8 Å². The van der Waals surface area contributed by atoms with Gasteiger partial charge in [0.25, 0.3) is 0 Å². The van der Waals surface area contributed by atoms with Gasteiger partial charge in [0.2, 0.25) is 0 Å². The summed E-state index contributed by atoms with van der Waals surface area (Å²) in [6.45, 7) is 6.26. The fourth-order valence-corrected chi connectivity index (χ4v) is 1.98. The summed E-state index contributed by atoms with van der Waals surface area (Å²) in [6, 6.07) is 0.685. The van der Waals surface area contributed by atoms with Gasteiger partial charge in [0, 0.05) is 19.1 Å². The van der Waals surface area contributed by atoms with E-state index >= 15 is 0 Å². The van der Waals surface area contributed by atoms with Crippen molar-refractivity contribution in [2.45, 2.75) is 52.0 Å². The molecule has 3 nitrogen and oxygen atoms in total. The van der Waals surface area contributed by atoms with Crippen LogP contribution in [0.3, 0.4) is 0 Å². The molecule has 1 saturated carbocycles. The molecule has 0 saturated heterocycles. The first kappa shape index (κ1) is 12.5. The predicted molar refractivity (Wildman–Crippen MR) is 60.9 cm³/mol. The third kappa shape index (κ3) is 4.65. The second kappa shape index (κ2) is 6.11. The van der Waals surface area contributed by atoms with Crippen LogP contribution in [-0.4, -0.2) is 35.1 Å². The van der Waals surface area contributed by atoms with E-state index in [1.54, 1.807) is 0 Å². The Morgan fingerprint density at radius 2 is 2.00 bits per heavy atom. The first-order valence-electron chi connectivity index (χ1n) is 6.13. The minimum absolute atomic E-state index is 0.288. The fraction of sp³-hybridized carbons (Fsp3) is 0.917. The van der Waals surface area contributed by atoms with Crippen molar-refractivity contribution in [1.82, 2.24) is 4.90 Å². The second-order valence-electron chi connectivity index (χ2n) is 4.55. The van der Waals surface area contributed by atoms with Gasteiger partial charge in [-0.2, -0.15) is 0 Å². The summed E-state index contributed by atoms with van der Waals surface area (Å²) in [7, 11) is 0. The molecule has 0 aromatic heterocycles. The van der Waals surface area contributed by atoms with E-state index in [9.17, 15) is 4.79 Å². The lowest BCUT2D eigenvalue weighted by Crippen LogP contribution is -2.33. The lowest BCUT2D eigenvalue weighted by atomic mass is 10.0. The lowest BCUT2D eigenvalue weighted by molar-refractivity contribution is -0.137. The third-order valence-electron chi connectivity index (χ3n) is 3.32. The van der Waals surface area contributed by atoms with Gasteiger partial charge in [-0.1, -0.05) is 26.7 Å². The Balaban J connectivity index is 2.32. The first-order valence-corrected chi connectivity index (χ1v) is 6.13. The number of hydrogen-bond acceptors (Lipinski definition) is 2. The van der Waals surface area contributed by atoms with Gasteiger partial charge in [-0.25, -0.2) is 0 Å². The van der Waals surface area contributed by atoms with Crippen LogP contribution in [0.2, 0.25) is 0 Å². The van der Waals surface area contributed by atoms with E-state index in [-0.39, 0.29) is 6.42 Å². The summed E-state index contributed by atoms with van der Waals surface area (Å²) < 4.78 is 0. The van der Waals surface area contributed by atoms with Crippen LogP contribution < -0.4 is 0 Å². The summed E-state index contributed by atoms with van der Waals surface area (Å²) in [4.78, 5) is 12.9. The number of nitrogens with zero attached hydrogens (tertiary/aromatic N) is 1. The van der Waals surface area contributed by atoms with Gasteiger partial charge in [-0.3, -0.25) is 9.69 Å². The molecule has 0 bridgehead atoms. The van der Waals surface area contributed by atoms with Gasteiger partial charge in [-0.15, -0.1) is 0 Å². The quantitative estimate of drug-likeness (QED) is 0.673. The summed E-state index contributed by atoms with van der Waals surface area (Å²) in [6.07, 6.45) is 5.22. The highest BCUT2D eigenvalue weighted by Crippen LogP contribution is 2.28. The van der Waals surface area contributed by atoms with E-state index in [1.807, 2.05) is 0 Å². The zero-order chi connectivity index (χ0) is 11.3. The van der Waals surface area contributed by atoms with Gasteiger partial charge in [0.1, 0.15) is 0 Å². The van der Waals surface area contributed by atoms with Crippen LogP contribution in [0.1, 0.15) is 46.0 Å². The Morgan fingerprint density at radius 1 is 1.40 bits per heavy atom. The molecule has 1 aliphatic rings. The predicted octanol–water partition coefficient (Wildman–Crippen LogP) is 2.36. The van der Waals surface area contributed by atoms with Crippen molar-refractivity contribution < 1.29 is 9.90 Å². The molecule has 0 heterocycles. The van der Waals surface area contributed by atoms with E-state index in [0.717, 1.165) is 19.0 Å². The fourth-order valence-electron chi connectivity index (χ4n) is 1.98. The number of carbonyl (C=O) groups is 1. The molecule has 1 aliphatic carbocycles. The van der Waals surface area contributed by atoms with Crippen LogP contribution in [0.5, 0.6) is 0 Å². The molecule has 0 aromatic rings. The lowest BCUT2D eigenvalue weighted by Gasteiger charge is -2.25. The van der Waals surface area contributed by atoms with Gasteiger partial charge >= 0.3 is 5.97 Å². The van der Waals surface area contributed by atoms with Crippen LogP contribution in [0, 0.1) is 5.92 Å². The molecule has 0 aliphatic heterocycles. The van der Waals surface area contributed by atoms with Crippen molar-refractivity contribution in [2.75, 3.05) is 13.1 Å². The Hall–Kier alpha value is -0.570. The highest BCUT2D eigenvalue weighted by molar-refractivity contribution is 5.66. The Kier molecular flexibility index (Phi) is 5.09. The molecule has 88 valence electrons. The average Bonchev–Trinajstić information content (AvgIpc) is 3.02. The van der Waals surface area contributed by atoms with E-state index < -0.39 is 5.97 Å². The van der Waals surface area contributed by atoms with Crippen molar-refractivity contribution in [3.63, 3.8) is 0 Å². The molecule has 3 heteroatoms. The summed E-state index contributed by atoms with van der Waals surface area (Å²) in [5.41, 5.74) is 0. The minimum Gasteiger partial charge on any atom is -0.481 e. The van der Waals surface area contributed by atoms with Crippen LogP contribution in [0.25, 0.3) is 0 Å². The van der Waals surface area contributed by atoms with Crippen LogP contribution in [0.4, 0.5) is 0 Å². The molecule has 1 fully saturated rings. The molecule has 1 rings (SSSR count). The van der Waals surface area contributed by atoms with Crippen molar-refractivity contribution in [3.8, 4) is 0 Å². The molecular weight excluding hydrogens is 190 g/mol. The van der Waals surface area contributed by atoms with Gasteiger partial charge < -0.3 is 5.11 Å². The van der Waals surface area contributed by atoms with E-state index in [2.05, 4.69) is 18.7 Å². The SMILES string of the molecule is CCC(CC)CN(CCC(=O)O)C1CC1. The summed E-state index contributed by atoms with van der Waals surface area (Å²) >= 11 is 0. The Bertz CT molecular complexity index is 198.